The predicted molar refractivity (Wildman–Crippen MR) is 238 cm³/mol. The van der Waals surface area contributed by atoms with Crippen molar-refractivity contribution in [2.24, 2.45) is 0 Å². The van der Waals surface area contributed by atoms with Gasteiger partial charge < -0.3 is 16.4 Å². The topological polar surface area (TPSA) is 55.3 Å². The van der Waals surface area contributed by atoms with Gasteiger partial charge in [0.2, 0.25) is 0 Å². The Labute approximate surface area is 323 Å². The van der Waals surface area contributed by atoms with Crippen LogP contribution in [0.25, 0.3) is 17.2 Å². The summed E-state index contributed by atoms with van der Waals surface area (Å²) < 4.78 is 0. The summed E-state index contributed by atoms with van der Waals surface area (Å²) in [5, 5.41) is 0. The van der Waals surface area contributed by atoms with E-state index in [0.717, 1.165) is 35.6 Å². The lowest BCUT2D eigenvalue weighted by atomic mass is 10.0. The van der Waals surface area contributed by atoms with Crippen LogP contribution in [0, 0.1) is 0 Å². The highest BCUT2D eigenvalue weighted by molar-refractivity contribution is 5.75. The van der Waals surface area contributed by atoms with Crippen molar-refractivity contribution in [2.75, 3.05) is 22.9 Å². The van der Waals surface area contributed by atoms with E-state index >= 15 is 0 Å². The van der Waals surface area contributed by atoms with Crippen LogP contribution in [0.3, 0.4) is 0 Å². The van der Waals surface area contributed by atoms with Crippen molar-refractivity contribution < 1.29 is 0 Å². The fourth-order valence-corrected chi connectivity index (χ4v) is 5.66. The van der Waals surface area contributed by atoms with Gasteiger partial charge in [-0.25, -0.2) is 0 Å². The molecule has 0 aliphatic carbocycles. The quantitative estimate of drug-likeness (QED) is 0.0983. The minimum Gasteiger partial charge on any atom is -0.399 e. The third kappa shape index (κ3) is 13.9. The summed E-state index contributed by atoms with van der Waals surface area (Å²) in [7, 11) is 0. The minimum absolute atomic E-state index is 0.711. The molecular weight excluding hydrogens is 655 g/mol. The number of rotatable bonds is 12. The summed E-state index contributed by atoms with van der Waals surface area (Å²) in [4.78, 5) is 2.26. The molecule has 6 aromatic carbocycles. The minimum atomic E-state index is 0.711. The third-order valence-corrected chi connectivity index (χ3v) is 8.61. The molecule has 0 saturated heterocycles. The molecule has 0 unspecified atom stereocenters. The molecule has 0 aliphatic heterocycles. The lowest BCUT2D eigenvalue weighted by molar-refractivity contribution is 0.963. The van der Waals surface area contributed by atoms with Crippen LogP contribution < -0.4 is 16.4 Å². The van der Waals surface area contributed by atoms with Crippen LogP contribution in [0.5, 0.6) is 0 Å². The molecule has 0 saturated carbocycles. The number of aryl methyl sites for hydroxylation is 1. The van der Waals surface area contributed by atoms with Gasteiger partial charge in [0.15, 0.2) is 0 Å². The van der Waals surface area contributed by atoms with E-state index in [0.29, 0.717) is 6.54 Å². The van der Waals surface area contributed by atoms with Gasteiger partial charge in [0, 0.05) is 17.9 Å². The van der Waals surface area contributed by atoms with E-state index in [2.05, 4.69) is 158 Å². The number of nitrogens with two attached hydrogens (primary N) is 2. The Bertz CT molecular complexity index is 2020. The highest BCUT2D eigenvalue weighted by Gasteiger charge is 2.12. The molecule has 0 heterocycles. The fourth-order valence-electron chi connectivity index (χ4n) is 5.66. The molecule has 0 aliphatic rings. The zero-order chi connectivity index (χ0) is 38.2. The molecule has 0 spiro atoms. The Balaban J connectivity index is 0.000000274. The molecule has 0 fully saturated rings. The summed E-state index contributed by atoms with van der Waals surface area (Å²) in [6, 6.07) is 57.4. The second kappa shape index (κ2) is 23.1. The third-order valence-electron chi connectivity index (χ3n) is 8.61. The van der Waals surface area contributed by atoms with Crippen LogP contribution in [-0.4, -0.2) is 6.54 Å². The molecule has 54 heavy (non-hydrogen) atoms. The van der Waals surface area contributed by atoms with Crippen molar-refractivity contribution in [1.29, 1.82) is 0 Å². The number of nitrogen functional groups attached to an aromatic ring is 2. The number of hydrogen-bond donors (Lipinski definition) is 2. The number of allylic oxidation sites excluding steroid dienone is 6. The van der Waals surface area contributed by atoms with Crippen LogP contribution >= 0.6 is 0 Å². The molecule has 6 aromatic rings. The lowest BCUT2D eigenvalue weighted by Crippen LogP contribution is -2.20. The average molecular weight is 708 g/mol. The summed E-state index contributed by atoms with van der Waals surface area (Å²) in [5.74, 6) is 0. The first-order valence-electron chi connectivity index (χ1n) is 18.4. The Morgan fingerprint density at radius 1 is 0.611 bits per heavy atom. The van der Waals surface area contributed by atoms with Gasteiger partial charge in [-0.1, -0.05) is 188 Å². The van der Waals surface area contributed by atoms with Crippen molar-refractivity contribution in [3.8, 4) is 11.1 Å². The number of anilines is 4. The molecule has 4 N–H and O–H groups in total. The van der Waals surface area contributed by atoms with Gasteiger partial charge in [-0.15, -0.1) is 0 Å². The Morgan fingerprint density at radius 2 is 1.15 bits per heavy atom. The molecule has 0 radical (unpaired) electrons. The molecule has 0 bridgehead atoms. The van der Waals surface area contributed by atoms with Crippen molar-refractivity contribution in [3.05, 3.63) is 235 Å². The summed E-state index contributed by atoms with van der Waals surface area (Å²) in [6.07, 6.45) is 16.8. The van der Waals surface area contributed by atoms with Gasteiger partial charge in [0.25, 0.3) is 0 Å². The first-order valence-corrected chi connectivity index (χ1v) is 18.4. The van der Waals surface area contributed by atoms with Gasteiger partial charge >= 0.3 is 0 Å². The summed E-state index contributed by atoms with van der Waals surface area (Å²) >= 11 is 0. The molecule has 0 amide bonds. The Hall–Kier alpha value is -6.58. The van der Waals surface area contributed by atoms with Crippen LogP contribution in [0.4, 0.5) is 22.7 Å². The molecular formula is C51H53N3. The van der Waals surface area contributed by atoms with Crippen molar-refractivity contribution in [3.63, 3.8) is 0 Å². The van der Waals surface area contributed by atoms with E-state index in [4.69, 9.17) is 11.5 Å². The van der Waals surface area contributed by atoms with Crippen molar-refractivity contribution in [2.45, 2.75) is 26.7 Å². The maximum Gasteiger partial charge on any atom is 0.0647 e. The van der Waals surface area contributed by atoms with Crippen LogP contribution in [0.1, 0.15) is 31.4 Å². The number of para-hydroxylation sites is 4. The first kappa shape index (κ1) is 40.2. The maximum atomic E-state index is 6.35. The molecule has 6 rings (SSSR count). The van der Waals surface area contributed by atoms with E-state index in [9.17, 15) is 0 Å². The van der Waals surface area contributed by atoms with Crippen molar-refractivity contribution >= 4 is 28.8 Å². The Morgan fingerprint density at radius 3 is 1.65 bits per heavy atom. The summed E-state index contributed by atoms with van der Waals surface area (Å²) in [6.45, 7) is 8.70. The zero-order valence-corrected chi connectivity index (χ0v) is 31.6. The molecule has 3 heteroatoms. The van der Waals surface area contributed by atoms with Gasteiger partial charge in [-0.05, 0) is 90.9 Å². The van der Waals surface area contributed by atoms with Gasteiger partial charge in [0.05, 0.1) is 11.4 Å². The van der Waals surface area contributed by atoms with E-state index in [1.807, 2.05) is 79.7 Å². The molecule has 3 nitrogen and oxygen atoms in total. The lowest BCUT2D eigenvalue weighted by Gasteiger charge is -2.27. The molecule has 0 atom stereocenters. The monoisotopic (exact) mass is 707 g/mol. The highest BCUT2D eigenvalue weighted by Crippen LogP contribution is 2.31. The second-order valence-corrected chi connectivity index (χ2v) is 12.5. The average Bonchev–Trinajstić information content (AvgIpc) is 3.23. The van der Waals surface area contributed by atoms with E-state index in [1.165, 1.54) is 33.4 Å². The van der Waals surface area contributed by atoms with Crippen LogP contribution in [-0.2, 0) is 6.42 Å². The van der Waals surface area contributed by atoms with Crippen molar-refractivity contribution in [1.82, 2.24) is 0 Å². The van der Waals surface area contributed by atoms with Crippen LogP contribution in [0.2, 0.25) is 0 Å². The Kier molecular flexibility index (Phi) is 17.2. The number of benzene rings is 6. The smallest absolute Gasteiger partial charge is 0.0647 e. The van der Waals surface area contributed by atoms with Gasteiger partial charge in [0.1, 0.15) is 0 Å². The van der Waals surface area contributed by atoms with E-state index < -0.39 is 0 Å². The molecule has 0 aromatic heterocycles. The number of nitrogens with zero attached hydrogens (tertiary/aromatic N) is 1. The summed E-state index contributed by atoms with van der Waals surface area (Å²) in [5.41, 5.74) is 23.0. The van der Waals surface area contributed by atoms with Gasteiger partial charge in [-0.2, -0.15) is 0 Å². The highest BCUT2D eigenvalue weighted by atomic mass is 15.1. The fraction of sp³-hybridized carbons (Fsp3) is 0.0980. The first-order chi connectivity index (χ1) is 26.5. The normalized spacial score (nSPS) is 11.3. The van der Waals surface area contributed by atoms with Gasteiger partial charge in [-0.3, -0.25) is 0 Å². The van der Waals surface area contributed by atoms with E-state index in [-0.39, 0.29) is 0 Å². The second-order valence-electron chi connectivity index (χ2n) is 12.5. The standard InChI is InChI=1S/C33H36N2.C12H10.C6H7N/c1-4-13-30(15-12-14-28-22-24-29(25-23-28)21-20-27(5-2)6-3)26-35(31-16-8-7-9-17-31)33-19-11-10-18-32(33)34;1-3-7-11(8-4-1)12-9-5-2-6-10-12;7-6-4-2-1-3-5-6/h4-19,22-25H,2,20-21,26,34H2,1,3H3;1-10H;1-5H,7H2/b13-4?,14-12+,27-6+,30-15+;;. The molecule has 272 valence electrons. The largest absolute Gasteiger partial charge is 0.399 e. The van der Waals surface area contributed by atoms with Crippen LogP contribution in [0.15, 0.2) is 224 Å². The van der Waals surface area contributed by atoms with E-state index in [1.54, 1.807) is 0 Å². The number of hydrogen-bond acceptors (Lipinski definition) is 3. The SMILES string of the molecule is C=C/C(=C\C)CCc1ccc(/C=C/C=C(\C=CC)CN(c2ccccc2)c2ccccc2N)cc1.Nc1ccccc1.c1ccc(-c2ccccc2)cc1. The predicted octanol–water partition coefficient (Wildman–Crippen LogP) is 13.3. The zero-order valence-electron chi connectivity index (χ0n) is 31.6. The maximum absolute atomic E-state index is 6.35.